The van der Waals surface area contributed by atoms with Crippen LogP contribution in [-0.4, -0.2) is 28.2 Å². The lowest BCUT2D eigenvalue weighted by Gasteiger charge is -2.13. The Morgan fingerprint density at radius 2 is 0.677 bits per heavy atom. The molecule has 0 saturated heterocycles. The molecule has 0 aliphatic rings. The number of rotatable bonds is 6. The molecule has 13 rings (SSSR count). The molecule has 8 aromatic carbocycles. The maximum absolute atomic E-state index is 5.35. The van der Waals surface area contributed by atoms with Gasteiger partial charge >= 0.3 is 0 Å². The fourth-order valence-electron chi connectivity index (χ4n) is 9.76. The van der Waals surface area contributed by atoms with Gasteiger partial charge in [-0.3, -0.25) is 4.57 Å². The third kappa shape index (κ3) is 5.04. The number of benzene rings is 8. The molecule has 0 atom stereocenters. The smallest absolute Gasteiger partial charge is 0.162 e. The van der Waals surface area contributed by atoms with Crippen molar-refractivity contribution < 1.29 is 0 Å². The van der Waals surface area contributed by atoms with E-state index in [1.807, 2.05) is 6.07 Å². The SMILES string of the molecule is c1ccc(-c2cc(-n3c4ccccc4c4ccccc43)nc(-c3ccc(-n4c5ccccc5c5c4c4c(c6ccccc6n4-c4ccccc4)n5-c4ccccc4)cc3)n2)cc1. The average Bonchev–Trinajstić information content (AvgIpc) is 4.07. The Hall–Kier alpha value is -8.48. The van der Waals surface area contributed by atoms with Gasteiger partial charge in [0.2, 0.25) is 0 Å². The zero-order valence-corrected chi connectivity index (χ0v) is 33.5. The van der Waals surface area contributed by atoms with Crippen LogP contribution < -0.4 is 0 Å². The van der Waals surface area contributed by atoms with Gasteiger partial charge in [-0.2, -0.15) is 0 Å². The highest BCUT2D eigenvalue weighted by atomic mass is 15.1. The molecule has 0 radical (unpaired) electrons. The maximum atomic E-state index is 5.35. The normalized spacial score (nSPS) is 11.9. The summed E-state index contributed by atoms with van der Waals surface area (Å²) in [6, 6.07) is 77.5. The molecule has 6 heteroatoms. The Morgan fingerprint density at radius 3 is 1.19 bits per heavy atom. The summed E-state index contributed by atoms with van der Waals surface area (Å²) >= 11 is 0. The Morgan fingerprint density at radius 1 is 0.274 bits per heavy atom. The maximum Gasteiger partial charge on any atom is 0.162 e. The Kier molecular flexibility index (Phi) is 7.50. The van der Waals surface area contributed by atoms with E-state index in [1.165, 1.54) is 32.6 Å². The number of hydrogen-bond acceptors (Lipinski definition) is 2. The lowest BCUT2D eigenvalue weighted by atomic mass is 10.1. The number of para-hydroxylation sites is 6. The van der Waals surface area contributed by atoms with Crippen LogP contribution in [-0.2, 0) is 0 Å². The van der Waals surface area contributed by atoms with Crippen molar-refractivity contribution in [2.75, 3.05) is 0 Å². The second-order valence-corrected chi connectivity index (χ2v) is 15.8. The molecule has 62 heavy (non-hydrogen) atoms. The van der Waals surface area contributed by atoms with Gasteiger partial charge in [0.05, 0.1) is 49.8 Å². The predicted octanol–water partition coefficient (Wildman–Crippen LogP) is 13.9. The van der Waals surface area contributed by atoms with Crippen molar-refractivity contribution in [2.45, 2.75) is 0 Å². The minimum atomic E-state index is 0.666. The van der Waals surface area contributed by atoms with Gasteiger partial charge in [0.25, 0.3) is 0 Å². The largest absolute Gasteiger partial charge is 0.306 e. The summed E-state index contributed by atoms with van der Waals surface area (Å²) in [6.07, 6.45) is 0. The molecule has 6 nitrogen and oxygen atoms in total. The summed E-state index contributed by atoms with van der Waals surface area (Å²) in [5.74, 6) is 1.49. The van der Waals surface area contributed by atoms with E-state index < -0.39 is 0 Å². The molecule has 5 heterocycles. The van der Waals surface area contributed by atoms with E-state index in [9.17, 15) is 0 Å². The van der Waals surface area contributed by atoms with Gasteiger partial charge in [-0.25, -0.2) is 9.97 Å². The number of aromatic nitrogens is 6. The molecular weight excluding hydrogens is 757 g/mol. The monoisotopic (exact) mass is 792 g/mol. The minimum absolute atomic E-state index is 0.666. The zero-order chi connectivity index (χ0) is 40.7. The summed E-state index contributed by atoms with van der Waals surface area (Å²) in [5.41, 5.74) is 15.3. The molecule has 0 aliphatic heterocycles. The predicted molar refractivity (Wildman–Crippen MR) is 255 cm³/mol. The van der Waals surface area contributed by atoms with Gasteiger partial charge in [0, 0.05) is 55.8 Å². The van der Waals surface area contributed by atoms with Gasteiger partial charge in [-0.1, -0.05) is 140 Å². The van der Waals surface area contributed by atoms with Crippen molar-refractivity contribution in [1.82, 2.24) is 28.2 Å². The van der Waals surface area contributed by atoms with Crippen molar-refractivity contribution in [1.29, 1.82) is 0 Å². The lowest BCUT2D eigenvalue weighted by Crippen LogP contribution is -2.02. The van der Waals surface area contributed by atoms with Crippen LogP contribution in [0.4, 0.5) is 0 Å². The van der Waals surface area contributed by atoms with E-state index >= 15 is 0 Å². The van der Waals surface area contributed by atoms with Crippen molar-refractivity contribution in [3.05, 3.63) is 218 Å². The number of fused-ring (bicyclic) bond motifs is 10. The highest BCUT2D eigenvalue weighted by Gasteiger charge is 2.28. The van der Waals surface area contributed by atoms with Crippen LogP contribution in [0.2, 0.25) is 0 Å². The van der Waals surface area contributed by atoms with Gasteiger partial charge in [0.1, 0.15) is 5.82 Å². The highest BCUT2D eigenvalue weighted by Crippen LogP contribution is 2.45. The number of nitrogens with zero attached hydrogens (tertiary/aromatic N) is 6. The summed E-state index contributed by atoms with van der Waals surface area (Å²) in [5, 5.41) is 4.78. The van der Waals surface area contributed by atoms with Crippen molar-refractivity contribution in [3.8, 4) is 45.5 Å². The molecule has 290 valence electrons. The summed E-state index contributed by atoms with van der Waals surface area (Å²) in [4.78, 5) is 10.6. The molecule has 13 aromatic rings. The van der Waals surface area contributed by atoms with Crippen LogP contribution >= 0.6 is 0 Å². The molecule has 0 bridgehead atoms. The molecule has 0 amide bonds. The standard InChI is InChI=1S/C56H36N6/c1-4-18-37(19-5-1)46-36-51(62-47-28-14-10-24-42(47)43-25-11-15-29-48(43)62)58-56(57-46)38-32-34-41(35-33-38)60-50-31-17-13-27-45(50)53-55(60)54-52(61(53)40-22-8-3-9-23-40)44-26-12-16-30-49(44)59(54)39-20-6-2-7-21-39/h1-36H. The number of hydrogen-bond donors (Lipinski definition) is 0. The van der Waals surface area contributed by atoms with Crippen molar-refractivity contribution in [2.24, 2.45) is 0 Å². The van der Waals surface area contributed by atoms with Crippen LogP contribution in [0.15, 0.2) is 218 Å². The third-order valence-electron chi connectivity index (χ3n) is 12.4. The first-order valence-electron chi connectivity index (χ1n) is 21.0. The van der Waals surface area contributed by atoms with Crippen LogP contribution in [0.25, 0.3) is 111 Å². The quantitative estimate of drug-likeness (QED) is 0.168. The molecule has 0 fully saturated rings. The first-order valence-corrected chi connectivity index (χ1v) is 21.0. The zero-order valence-electron chi connectivity index (χ0n) is 33.5. The Labute approximate surface area is 356 Å². The Balaban J connectivity index is 1.07. The molecule has 0 aliphatic carbocycles. The van der Waals surface area contributed by atoms with Gasteiger partial charge in [0.15, 0.2) is 5.82 Å². The molecule has 0 unspecified atom stereocenters. The third-order valence-corrected chi connectivity index (χ3v) is 12.4. The van der Waals surface area contributed by atoms with E-state index in [1.54, 1.807) is 0 Å². The topological polar surface area (TPSA) is 45.5 Å². The fourth-order valence-corrected chi connectivity index (χ4v) is 9.76. The first kappa shape index (κ1) is 34.4. The highest BCUT2D eigenvalue weighted by molar-refractivity contribution is 6.25. The van der Waals surface area contributed by atoms with E-state index in [2.05, 4.69) is 231 Å². The van der Waals surface area contributed by atoms with E-state index in [0.717, 1.165) is 72.8 Å². The minimum Gasteiger partial charge on any atom is -0.306 e. The van der Waals surface area contributed by atoms with E-state index in [4.69, 9.17) is 9.97 Å². The summed E-state index contributed by atoms with van der Waals surface area (Å²) in [6.45, 7) is 0. The van der Waals surface area contributed by atoms with Crippen LogP contribution in [0, 0.1) is 0 Å². The van der Waals surface area contributed by atoms with Crippen LogP contribution in [0.3, 0.4) is 0 Å². The lowest BCUT2D eigenvalue weighted by molar-refractivity contribution is 1.05. The first-order chi connectivity index (χ1) is 30.8. The molecule has 5 aromatic heterocycles. The van der Waals surface area contributed by atoms with Gasteiger partial charge in [-0.05, 0) is 72.8 Å². The summed E-state index contributed by atoms with van der Waals surface area (Å²) in [7, 11) is 0. The van der Waals surface area contributed by atoms with Gasteiger partial charge in [-0.15, -0.1) is 0 Å². The average molecular weight is 793 g/mol. The molecular formula is C56H36N6. The van der Waals surface area contributed by atoms with Gasteiger partial charge < -0.3 is 13.7 Å². The van der Waals surface area contributed by atoms with E-state index in [0.29, 0.717) is 5.82 Å². The van der Waals surface area contributed by atoms with Crippen molar-refractivity contribution in [3.63, 3.8) is 0 Å². The van der Waals surface area contributed by atoms with Crippen LogP contribution in [0.1, 0.15) is 0 Å². The molecule has 0 N–H and O–H groups in total. The summed E-state index contributed by atoms with van der Waals surface area (Å²) < 4.78 is 9.63. The fraction of sp³-hybridized carbons (Fsp3) is 0. The second-order valence-electron chi connectivity index (χ2n) is 15.8. The second kappa shape index (κ2) is 13.5. The van der Waals surface area contributed by atoms with E-state index in [-0.39, 0.29) is 0 Å². The molecule has 0 saturated carbocycles. The Bertz CT molecular complexity index is 3780. The van der Waals surface area contributed by atoms with Crippen molar-refractivity contribution >= 4 is 65.7 Å². The molecule has 0 spiro atoms. The van der Waals surface area contributed by atoms with Crippen LogP contribution in [0.5, 0.6) is 0 Å².